The van der Waals surface area contributed by atoms with Crippen LogP contribution in [0.15, 0.2) is 0 Å². The van der Waals surface area contributed by atoms with Gasteiger partial charge in [-0.15, -0.1) is 0 Å². The number of esters is 1. The molecule has 0 aliphatic heterocycles. The Balaban J connectivity index is 4.14. The molecule has 0 bridgehead atoms. The van der Waals surface area contributed by atoms with Crippen LogP contribution >= 0.6 is 0 Å². The Bertz CT molecular complexity index is 245. The highest BCUT2D eigenvalue weighted by Crippen LogP contribution is 1.99. The van der Waals surface area contributed by atoms with E-state index < -0.39 is 0 Å². The molecule has 0 rings (SSSR count). The molecular formula is C15H33N3O2. The molecule has 0 aliphatic rings. The van der Waals surface area contributed by atoms with Crippen molar-refractivity contribution in [3.8, 4) is 0 Å². The van der Waals surface area contributed by atoms with Crippen LogP contribution in [0.25, 0.3) is 0 Å². The molecule has 0 saturated carbocycles. The number of likely N-dealkylation sites (N-methyl/N-ethyl adjacent to an activating group) is 2. The molecule has 1 N–H and O–H groups in total. The van der Waals surface area contributed by atoms with Crippen molar-refractivity contribution in [1.29, 1.82) is 0 Å². The SMILES string of the molecule is CCOC(=O)C(CN(CC)CCCN(CC)CC)NC. The summed E-state index contributed by atoms with van der Waals surface area (Å²) in [5.41, 5.74) is 0. The fourth-order valence-corrected chi connectivity index (χ4v) is 2.22. The van der Waals surface area contributed by atoms with Crippen LogP contribution in [0.5, 0.6) is 0 Å². The zero-order valence-corrected chi connectivity index (χ0v) is 13.9. The van der Waals surface area contributed by atoms with Gasteiger partial charge in [-0.05, 0) is 53.1 Å². The number of carbonyl (C=O) groups excluding carboxylic acids is 1. The topological polar surface area (TPSA) is 44.8 Å². The first-order valence-electron chi connectivity index (χ1n) is 7.91. The van der Waals surface area contributed by atoms with Crippen molar-refractivity contribution in [3.63, 3.8) is 0 Å². The fourth-order valence-electron chi connectivity index (χ4n) is 2.22. The molecule has 0 aromatic rings. The Morgan fingerprint density at radius 3 is 2.05 bits per heavy atom. The van der Waals surface area contributed by atoms with E-state index in [2.05, 4.69) is 35.9 Å². The smallest absolute Gasteiger partial charge is 0.324 e. The number of ether oxygens (including phenoxy) is 1. The highest BCUT2D eigenvalue weighted by atomic mass is 16.5. The van der Waals surface area contributed by atoms with E-state index in [0.29, 0.717) is 13.2 Å². The molecule has 20 heavy (non-hydrogen) atoms. The molecule has 0 aliphatic carbocycles. The zero-order chi connectivity index (χ0) is 15.4. The first-order chi connectivity index (χ1) is 9.62. The number of nitrogens with one attached hydrogen (secondary N) is 1. The van der Waals surface area contributed by atoms with Gasteiger partial charge in [0.25, 0.3) is 0 Å². The highest BCUT2D eigenvalue weighted by molar-refractivity contribution is 5.76. The molecule has 5 nitrogen and oxygen atoms in total. The molecule has 120 valence electrons. The van der Waals surface area contributed by atoms with E-state index in [9.17, 15) is 4.79 Å². The van der Waals surface area contributed by atoms with Crippen LogP contribution in [0.1, 0.15) is 34.1 Å². The van der Waals surface area contributed by atoms with Gasteiger partial charge in [0.1, 0.15) is 6.04 Å². The van der Waals surface area contributed by atoms with Gasteiger partial charge in [-0.25, -0.2) is 0 Å². The number of nitrogens with zero attached hydrogens (tertiary/aromatic N) is 2. The van der Waals surface area contributed by atoms with Gasteiger partial charge in [0.15, 0.2) is 0 Å². The molecule has 0 radical (unpaired) electrons. The average Bonchev–Trinajstić information content (AvgIpc) is 2.47. The minimum atomic E-state index is -0.233. The molecule has 0 aromatic carbocycles. The molecule has 5 heteroatoms. The van der Waals surface area contributed by atoms with Crippen molar-refractivity contribution in [2.75, 3.05) is 52.9 Å². The third-order valence-electron chi connectivity index (χ3n) is 3.65. The minimum Gasteiger partial charge on any atom is -0.465 e. The van der Waals surface area contributed by atoms with Gasteiger partial charge in [0, 0.05) is 6.54 Å². The Labute approximate surface area is 124 Å². The van der Waals surface area contributed by atoms with E-state index in [0.717, 1.165) is 39.1 Å². The number of rotatable bonds is 12. The minimum absolute atomic E-state index is 0.155. The quantitative estimate of drug-likeness (QED) is 0.546. The predicted molar refractivity (Wildman–Crippen MR) is 84.0 cm³/mol. The summed E-state index contributed by atoms with van der Waals surface area (Å²) < 4.78 is 5.08. The standard InChI is InChI=1S/C15H33N3O2/c1-6-17(7-2)11-10-12-18(8-3)13-14(16-5)15(19)20-9-4/h14,16H,6-13H2,1-5H3. The average molecular weight is 287 g/mol. The zero-order valence-electron chi connectivity index (χ0n) is 13.9. The third kappa shape index (κ3) is 7.82. The van der Waals surface area contributed by atoms with Gasteiger partial charge in [0.05, 0.1) is 6.61 Å². The Hall–Kier alpha value is -0.650. The van der Waals surface area contributed by atoms with Gasteiger partial charge in [0.2, 0.25) is 0 Å². The second-order valence-electron chi connectivity index (χ2n) is 4.87. The van der Waals surface area contributed by atoms with E-state index in [1.807, 2.05) is 14.0 Å². The third-order valence-corrected chi connectivity index (χ3v) is 3.65. The van der Waals surface area contributed by atoms with Gasteiger partial charge in [-0.2, -0.15) is 0 Å². The molecule has 0 spiro atoms. The van der Waals surface area contributed by atoms with Gasteiger partial charge >= 0.3 is 5.97 Å². The monoisotopic (exact) mass is 287 g/mol. The molecule has 0 heterocycles. The van der Waals surface area contributed by atoms with Crippen LogP contribution in [-0.4, -0.2) is 74.7 Å². The Morgan fingerprint density at radius 2 is 1.60 bits per heavy atom. The van der Waals surface area contributed by atoms with Crippen LogP contribution in [-0.2, 0) is 9.53 Å². The molecule has 1 atom stereocenters. The predicted octanol–water partition coefficient (Wildman–Crippen LogP) is 1.19. The van der Waals surface area contributed by atoms with Crippen molar-refractivity contribution in [2.45, 2.75) is 40.2 Å². The number of hydrogen-bond acceptors (Lipinski definition) is 5. The maximum atomic E-state index is 11.8. The lowest BCUT2D eigenvalue weighted by molar-refractivity contribution is -0.146. The van der Waals surface area contributed by atoms with Crippen LogP contribution in [0.2, 0.25) is 0 Å². The lowest BCUT2D eigenvalue weighted by atomic mass is 10.2. The lowest BCUT2D eigenvalue weighted by Crippen LogP contribution is -2.46. The molecule has 0 saturated heterocycles. The van der Waals surface area contributed by atoms with E-state index in [1.54, 1.807) is 0 Å². The number of hydrogen-bond donors (Lipinski definition) is 1. The molecule has 0 fully saturated rings. The van der Waals surface area contributed by atoms with Crippen LogP contribution < -0.4 is 5.32 Å². The van der Waals surface area contributed by atoms with E-state index in [-0.39, 0.29) is 12.0 Å². The summed E-state index contributed by atoms with van der Waals surface area (Å²) in [6.07, 6.45) is 1.13. The maximum absolute atomic E-state index is 11.8. The van der Waals surface area contributed by atoms with Gasteiger partial charge in [-0.3, -0.25) is 4.79 Å². The Morgan fingerprint density at radius 1 is 1.05 bits per heavy atom. The van der Waals surface area contributed by atoms with Crippen LogP contribution in [0, 0.1) is 0 Å². The second kappa shape index (κ2) is 12.1. The van der Waals surface area contributed by atoms with Crippen molar-refractivity contribution < 1.29 is 9.53 Å². The van der Waals surface area contributed by atoms with Crippen LogP contribution in [0.4, 0.5) is 0 Å². The largest absolute Gasteiger partial charge is 0.465 e. The molecule has 1 unspecified atom stereocenters. The Kier molecular flexibility index (Phi) is 11.7. The summed E-state index contributed by atoms with van der Waals surface area (Å²) in [5, 5.41) is 3.05. The van der Waals surface area contributed by atoms with Crippen LogP contribution in [0.3, 0.4) is 0 Å². The van der Waals surface area contributed by atoms with Crippen molar-refractivity contribution in [2.24, 2.45) is 0 Å². The van der Waals surface area contributed by atoms with Crippen molar-refractivity contribution >= 4 is 5.97 Å². The fraction of sp³-hybridized carbons (Fsp3) is 0.933. The normalized spacial score (nSPS) is 12.9. The van der Waals surface area contributed by atoms with E-state index in [4.69, 9.17) is 4.74 Å². The van der Waals surface area contributed by atoms with E-state index >= 15 is 0 Å². The second-order valence-corrected chi connectivity index (χ2v) is 4.87. The summed E-state index contributed by atoms with van der Waals surface area (Å²) in [5.74, 6) is -0.155. The van der Waals surface area contributed by atoms with Crippen molar-refractivity contribution in [1.82, 2.24) is 15.1 Å². The molecular weight excluding hydrogens is 254 g/mol. The maximum Gasteiger partial charge on any atom is 0.324 e. The first-order valence-corrected chi connectivity index (χ1v) is 7.91. The summed E-state index contributed by atoms with van der Waals surface area (Å²) in [6.45, 7) is 14.8. The van der Waals surface area contributed by atoms with E-state index in [1.165, 1.54) is 0 Å². The number of carbonyl (C=O) groups is 1. The van der Waals surface area contributed by atoms with Gasteiger partial charge < -0.3 is 19.9 Å². The molecule has 0 amide bonds. The lowest BCUT2D eigenvalue weighted by Gasteiger charge is -2.26. The summed E-state index contributed by atoms with van der Waals surface area (Å²) in [4.78, 5) is 16.5. The molecule has 0 aromatic heterocycles. The summed E-state index contributed by atoms with van der Waals surface area (Å²) in [6, 6.07) is -0.233. The summed E-state index contributed by atoms with van der Waals surface area (Å²) in [7, 11) is 1.81. The first kappa shape index (κ1) is 19.4. The highest BCUT2D eigenvalue weighted by Gasteiger charge is 2.20. The van der Waals surface area contributed by atoms with Gasteiger partial charge in [-0.1, -0.05) is 20.8 Å². The van der Waals surface area contributed by atoms with Crippen molar-refractivity contribution in [3.05, 3.63) is 0 Å². The summed E-state index contributed by atoms with van der Waals surface area (Å²) >= 11 is 0.